The average Bonchev–Trinajstić information content (AvgIpc) is 2.47. The van der Waals surface area contributed by atoms with Crippen molar-refractivity contribution in [1.82, 2.24) is 15.2 Å². The van der Waals surface area contributed by atoms with Gasteiger partial charge in [0.2, 0.25) is 0 Å². The second-order valence-electron chi connectivity index (χ2n) is 4.53. The fourth-order valence-corrected chi connectivity index (χ4v) is 2.33. The van der Waals surface area contributed by atoms with Gasteiger partial charge < -0.3 is 10.1 Å². The first-order valence-electron chi connectivity index (χ1n) is 6.57. The summed E-state index contributed by atoms with van der Waals surface area (Å²) in [6.07, 6.45) is 0.879. The molecule has 0 unspecified atom stereocenters. The molecule has 1 fully saturated rings. The number of aromatic nitrogens is 1. The van der Waals surface area contributed by atoms with E-state index in [0.29, 0.717) is 11.6 Å². The number of rotatable bonds is 5. The summed E-state index contributed by atoms with van der Waals surface area (Å²) in [5.41, 5.74) is 0.172. The molecular weight excluding hydrogens is 301 g/mol. The molecule has 0 bridgehead atoms. The van der Waals surface area contributed by atoms with E-state index in [1.165, 1.54) is 0 Å². The first kappa shape index (κ1) is 15.5. The van der Waals surface area contributed by atoms with Crippen molar-refractivity contribution in [2.75, 3.05) is 39.4 Å². The van der Waals surface area contributed by atoms with E-state index in [0.717, 1.165) is 39.3 Å². The first-order chi connectivity index (χ1) is 9.66. The smallest absolute Gasteiger partial charge is 0.271 e. The minimum atomic E-state index is -0.292. The summed E-state index contributed by atoms with van der Waals surface area (Å²) in [5, 5.41) is 3.37. The molecule has 1 aliphatic heterocycles. The van der Waals surface area contributed by atoms with E-state index in [9.17, 15) is 4.79 Å². The minimum absolute atomic E-state index is 0.172. The Kier molecular flexibility index (Phi) is 6.04. The lowest BCUT2D eigenvalue weighted by atomic mass is 10.3. The summed E-state index contributed by atoms with van der Waals surface area (Å²) < 4.78 is 5.28. The number of hydrogen-bond donors (Lipinski definition) is 1. The summed E-state index contributed by atoms with van der Waals surface area (Å²) in [4.78, 5) is 18.2. The standard InChI is InChI=1S/C13H17Cl2N3O2/c14-10-2-3-11(15)17-12(10)13(19)16-4-1-5-18-6-8-20-9-7-18/h2-3H,1,4-9H2,(H,16,19). The highest BCUT2D eigenvalue weighted by Gasteiger charge is 2.13. The third-order valence-electron chi connectivity index (χ3n) is 3.07. The number of morpholine rings is 1. The van der Waals surface area contributed by atoms with E-state index >= 15 is 0 Å². The number of carbonyl (C=O) groups excluding carboxylic acids is 1. The highest BCUT2D eigenvalue weighted by atomic mass is 35.5. The van der Waals surface area contributed by atoms with Crippen molar-refractivity contribution >= 4 is 29.1 Å². The van der Waals surface area contributed by atoms with Crippen LogP contribution < -0.4 is 5.32 Å². The summed E-state index contributed by atoms with van der Waals surface area (Å²) in [5.74, 6) is -0.292. The average molecular weight is 318 g/mol. The second kappa shape index (κ2) is 7.78. The van der Waals surface area contributed by atoms with Crippen molar-refractivity contribution in [3.63, 3.8) is 0 Å². The molecule has 20 heavy (non-hydrogen) atoms. The lowest BCUT2D eigenvalue weighted by Crippen LogP contribution is -2.38. The van der Waals surface area contributed by atoms with Crippen LogP contribution in [-0.4, -0.2) is 55.2 Å². The molecule has 7 heteroatoms. The Morgan fingerprint density at radius 1 is 1.35 bits per heavy atom. The van der Waals surface area contributed by atoms with Crippen molar-refractivity contribution in [3.8, 4) is 0 Å². The van der Waals surface area contributed by atoms with Crippen LogP contribution in [-0.2, 0) is 4.74 Å². The molecule has 1 aromatic rings. The fraction of sp³-hybridized carbons (Fsp3) is 0.538. The van der Waals surface area contributed by atoms with Gasteiger partial charge >= 0.3 is 0 Å². The maximum Gasteiger partial charge on any atom is 0.271 e. The SMILES string of the molecule is O=C(NCCCN1CCOCC1)c1nc(Cl)ccc1Cl. The largest absolute Gasteiger partial charge is 0.379 e. The van der Waals surface area contributed by atoms with Crippen LogP contribution >= 0.6 is 23.2 Å². The van der Waals surface area contributed by atoms with Crippen molar-refractivity contribution in [2.24, 2.45) is 0 Å². The molecule has 2 rings (SSSR count). The van der Waals surface area contributed by atoms with E-state index in [4.69, 9.17) is 27.9 Å². The van der Waals surface area contributed by atoms with Gasteiger partial charge in [0.05, 0.1) is 18.2 Å². The summed E-state index contributed by atoms with van der Waals surface area (Å²) in [7, 11) is 0. The fourth-order valence-electron chi connectivity index (χ4n) is 1.99. The molecular formula is C13H17Cl2N3O2. The van der Waals surface area contributed by atoms with Gasteiger partial charge in [0.15, 0.2) is 0 Å². The third-order valence-corrected chi connectivity index (χ3v) is 3.58. The number of ether oxygens (including phenoxy) is 1. The molecule has 1 saturated heterocycles. The molecule has 0 aromatic carbocycles. The van der Waals surface area contributed by atoms with E-state index in [-0.39, 0.29) is 16.8 Å². The molecule has 110 valence electrons. The number of hydrogen-bond acceptors (Lipinski definition) is 4. The van der Waals surface area contributed by atoms with Gasteiger partial charge in [-0.25, -0.2) is 4.98 Å². The van der Waals surface area contributed by atoms with Gasteiger partial charge in [-0.3, -0.25) is 9.69 Å². The van der Waals surface area contributed by atoms with Crippen molar-refractivity contribution in [2.45, 2.75) is 6.42 Å². The number of halogens is 2. The molecule has 1 aromatic heterocycles. The summed E-state index contributed by atoms with van der Waals surface area (Å²) in [6.45, 7) is 5.01. The number of carbonyl (C=O) groups is 1. The molecule has 0 spiro atoms. The van der Waals surface area contributed by atoms with Crippen molar-refractivity contribution in [3.05, 3.63) is 28.0 Å². The molecule has 1 amide bonds. The maximum absolute atomic E-state index is 11.9. The topological polar surface area (TPSA) is 54.5 Å². The molecule has 0 aliphatic carbocycles. The predicted octanol–water partition coefficient (Wildman–Crippen LogP) is 1.84. The molecule has 1 N–H and O–H groups in total. The van der Waals surface area contributed by atoms with Gasteiger partial charge in [-0.15, -0.1) is 0 Å². The highest BCUT2D eigenvalue weighted by molar-refractivity contribution is 6.34. The lowest BCUT2D eigenvalue weighted by molar-refractivity contribution is 0.0374. The Morgan fingerprint density at radius 3 is 2.85 bits per heavy atom. The van der Waals surface area contributed by atoms with E-state index in [2.05, 4.69) is 15.2 Å². The van der Waals surface area contributed by atoms with Gasteiger partial charge in [0.25, 0.3) is 5.91 Å². The molecule has 5 nitrogen and oxygen atoms in total. The van der Waals surface area contributed by atoms with E-state index in [1.807, 2.05) is 0 Å². The number of nitrogens with zero attached hydrogens (tertiary/aromatic N) is 2. The zero-order chi connectivity index (χ0) is 14.4. The van der Waals surface area contributed by atoms with Crippen LogP contribution in [0.5, 0.6) is 0 Å². The Balaban J connectivity index is 1.73. The summed E-state index contributed by atoms with van der Waals surface area (Å²) >= 11 is 11.7. The Hall–Kier alpha value is -0.880. The Labute approximate surface area is 128 Å². The van der Waals surface area contributed by atoms with Gasteiger partial charge in [-0.2, -0.15) is 0 Å². The van der Waals surface area contributed by atoms with Crippen LogP contribution in [0.15, 0.2) is 12.1 Å². The third kappa shape index (κ3) is 4.59. The molecule has 2 heterocycles. The van der Waals surface area contributed by atoms with Crippen LogP contribution in [0.2, 0.25) is 10.2 Å². The van der Waals surface area contributed by atoms with Crippen molar-refractivity contribution < 1.29 is 9.53 Å². The predicted molar refractivity (Wildman–Crippen MR) is 78.5 cm³/mol. The molecule has 0 saturated carbocycles. The van der Waals surface area contributed by atoms with Gasteiger partial charge in [-0.05, 0) is 25.1 Å². The quantitative estimate of drug-likeness (QED) is 0.665. The number of nitrogens with one attached hydrogen (secondary N) is 1. The van der Waals surface area contributed by atoms with E-state index < -0.39 is 0 Å². The zero-order valence-electron chi connectivity index (χ0n) is 11.1. The maximum atomic E-state index is 11.9. The lowest BCUT2D eigenvalue weighted by Gasteiger charge is -2.26. The molecule has 0 atom stereocenters. The van der Waals surface area contributed by atoms with Crippen LogP contribution in [0.25, 0.3) is 0 Å². The summed E-state index contributed by atoms with van der Waals surface area (Å²) in [6, 6.07) is 3.12. The van der Waals surface area contributed by atoms with Crippen LogP contribution in [0.1, 0.15) is 16.9 Å². The zero-order valence-corrected chi connectivity index (χ0v) is 12.6. The van der Waals surface area contributed by atoms with Crippen LogP contribution in [0, 0.1) is 0 Å². The van der Waals surface area contributed by atoms with Crippen molar-refractivity contribution in [1.29, 1.82) is 0 Å². The van der Waals surface area contributed by atoms with Crippen LogP contribution in [0.3, 0.4) is 0 Å². The van der Waals surface area contributed by atoms with Gasteiger partial charge in [-0.1, -0.05) is 23.2 Å². The number of pyridine rings is 1. The highest BCUT2D eigenvalue weighted by Crippen LogP contribution is 2.16. The van der Waals surface area contributed by atoms with Crippen LogP contribution in [0.4, 0.5) is 0 Å². The van der Waals surface area contributed by atoms with E-state index in [1.54, 1.807) is 12.1 Å². The van der Waals surface area contributed by atoms with Gasteiger partial charge in [0, 0.05) is 19.6 Å². The Bertz CT molecular complexity index is 465. The molecule has 1 aliphatic rings. The first-order valence-corrected chi connectivity index (χ1v) is 7.33. The number of amides is 1. The minimum Gasteiger partial charge on any atom is -0.379 e. The molecule has 0 radical (unpaired) electrons. The second-order valence-corrected chi connectivity index (χ2v) is 5.32. The monoisotopic (exact) mass is 317 g/mol. The normalized spacial score (nSPS) is 16.1. The van der Waals surface area contributed by atoms with Gasteiger partial charge in [0.1, 0.15) is 10.8 Å². The Morgan fingerprint density at radius 2 is 2.10 bits per heavy atom.